The van der Waals surface area contributed by atoms with Crippen LogP contribution >= 0.6 is 0 Å². The molecule has 0 unspecified atom stereocenters. The molecule has 6 nitrogen and oxygen atoms in total. The highest BCUT2D eigenvalue weighted by atomic mass is 16.4. The molecular weight excluding hydrogens is 183 g/mol. The molecule has 2 rings (SSSR count). The maximum Gasteiger partial charge on any atom is 0.491 e. The highest BCUT2D eigenvalue weighted by molar-refractivity contribution is 6.58. The van der Waals surface area contributed by atoms with Gasteiger partial charge in [-0.15, -0.1) is 0 Å². The zero-order valence-electron chi connectivity index (χ0n) is 7.15. The van der Waals surface area contributed by atoms with Crippen molar-refractivity contribution in [2.45, 2.75) is 0 Å². The third-order valence-corrected chi connectivity index (χ3v) is 1.69. The highest BCUT2D eigenvalue weighted by Crippen LogP contribution is 1.95. The van der Waals surface area contributed by atoms with E-state index >= 15 is 0 Å². The predicted octanol–water partition coefficient (Wildman–Crippen LogP) is -1.66. The molecule has 0 aromatic carbocycles. The molecule has 0 fully saturated rings. The van der Waals surface area contributed by atoms with E-state index < -0.39 is 7.12 Å². The van der Waals surface area contributed by atoms with Crippen molar-refractivity contribution in [3.8, 4) is 5.95 Å². The lowest BCUT2D eigenvalue weighted by Crippen LogP contribution is -2.30. The van der Waals surface area contributed by atoms with Gasteiger partial charge < -0.3 is 10.0 Å². The Bertz CT molecular complexity index is 400. The van der Waals surface area contributed by atoms with Crippen LogP contribution in [0.5, 0.6) is 0 Å². The third-order valence-electron chi connectivity index (χ3n) is 1.69. The van der Waals surface area contributed by atoms with Crippen LogP contribution in [0.15, 0.2) is 31.1 Å². The molecule has 2 N–H and O–H groups in total. The van der Waals surface area contributed by atoms with Gasteiger partial charge >= 0.3 is 7.12 Å². The molecule has 2 heterocycles. The minimum absolute atomic E-state index is 0.258. The van der Waals surface area contributed by atoms with Crippen LogP contribution in [0.2, 0.25) is 0 Å². The number of rotatable bonds is 2. The number of hydrogen-bond donors (Lipinski definition) is 2. The molecule has 7 heteroatoms. The van der Waals surface area contributed by atoms with E-state index in [0.29, 0.717) is 5.95 Å². The summed E-state index contributed by atoms with van der Waals surface area (Å²) in [5.41, 5.74) is 0.258. The fourth-order valence-electron chi connectivity index (χ4n) is 0.975. The van der Waals surface area contributed by atoms with Gasteiger partial charge in [0.1, 0.15) is 6.33 Å². The van der Waals surface area contributed by atoms with Gasteiger partial charge in [-0.2, -0.15) is 0 Å². The van der Waals surface area contributed by atoms with Crippen molar-refractivity contribution >= 4 is 12.6 Å². The van der Waals surface area contributed by atoms with Gasteiger partial charge in [0.2, 0.25) is 5.95 Å². The number of aromatic nitrogens is 4. The molecule has 0 spiro atoms. The van der Waals surface area contributed by atoms with E-state index in [1.165, 1.54) is 12.4 Å². The van der Waals surface area contributed by atoms with Gasteiger partial charge in [-0.05, 0) is 0 Å². The lowest BCUT2D eigenvalue weighted by Gasteiger charge is -2.00. The Morgan fingerprint density at radius 3 is 2.43 bits per heavy atom. The Labute approximate surface area is 80.0 Å². The van der Waals surface area contributed by atoms with E-state index in [1.807, 2.05) is 0 Å². The Morgan fingerprint density at radius 2 is 1.93 bits per heavy atom. The standard InChI is InChI=1S/C7H7BN4O2/c13-8(14)6-3-10-7(11-4-6)12-2-1-9-5-12/h1-5,13-14H. The summed E-state index contributed by atoms with van der Waals surface area (Å²) in [6, 6.07) is 0. The summed E-state index contributed by atoms with van der Waals surface area (Å²) in [4.78, 5) is 11.7. The Kier molecular flexibility index (Phi) is 2.25. The van der Waals surface area contributed by atoms with Crippen molar-refractivity contribution in [3.63, 3.8) is 0 Å². The first-order chi connectivity index (χ1) is 6.77. The van der Waals surface area contributed by atoms with Crippen molar-refractivity contribution in [3.05, 3.63) is 31.1 Å². The molecule has 0 aliphatic heterocycles. The van der Waals surface area contributed by atoms with Gasteiger partial charge in [-0.25, -0.2) is 15.0 Å². The molecule has 0 bridgehead atoms. The summed E-state index contributed by atoms with van der Waals surface area (Å²) in [5.74, 6) is 0.437. The van der Waals surface area contributed by atoms with E-state index in [-0.39, 0.29) is 5.46 Å². The smallest absolute Gasteiger partial charge is 0.423 e. The average Bonchev–Trinajstić information content (AvgIpc) is 2.71. The van der Waals surface area contributed by atoms with Crippen LogP contribution < -0.4 is 5.46 Å². The SMILES string of the molecule is OB(O)c1cnc(-n2ccnc2)nc1. The van der Waals surface area contributed by atoms with E-state index in [1.54, 1.807) is 23.3 Å². The Morgan fingerprint density at radius 1 is 1.21 bits per heavy atom. The molecule has 14 heavy (non-hydrogen) atoms. The van der Waals surface area contributed by atoms with Crippen LogP contribution in [0, 0.1) is 0 Å². The summed E-state index contributed by atoms with van der Waals surface area (Å²) in [6.07, 6.45) is 7.58. The van der Waals surface area contributed by atoms with Crippen molar-refractivity contribution < 1.29 is 10.0 Å². The van der Waals surface area contributed by atoms with Crippen LogP contribution in [-0.2, 0) is 0 Å². The molecule has 70 valence electrons. The van der Waals surface area contributed by atoms with E-state index in [9.17, 15) is 0 Å². The van der Waals surface area contributed by atoms with E-state index in [4.69, 9.17) is 10.0 Å². The minimum atomic E-state index is -1.54. The molecule has 0 saturated carbocycles. The first-order valence-corrected chi connectivity index (χ1v) is 3.94. The largest absolute Gasteiger partial charge is 0.491 e. The third kappa shape index (κ3) is 1.63. The molecule has 0 atom stereocenters. The summed E-state index contributed by atoms with van der Waals surface area (Å²) < 4.78 is 1.62. The average molecular weight is 190 g/mol. The number of imidazole rings is 1. The normalized spacial score (nSPS) is 10.1. The molecule has 0 amide bonds. The molecule has 2 aromatic heterocycles. The Hall–Kier alpha value is -1.73. The second-order valence-corrected chi connectivity index (χ2v) is 2.66. The summed E-state index contributed by atoms with van der Waals surface area (Å²) >= 11 is 0. The monoisotopic (exact) mass is 190 g/mol. The fraction of sp³-hybridized carbons (Fsp3) is 0. The topological polar surface area (TPSA) is 84.1 Å². The van der Waals surface area contributed by atoms with Gasteiger partial charge in [0.25, 0.3) is 0 Å². The van der Waals surface area contributed by atoms with Crippen molar-refractivity contribution in [2.24, 2.45) is 0 Å². The number of nitrogens with zero attached hydrogens (tertiary/aromatic N) is 4. The highest BCUT2D eigenvalue weighted by Gasteiger charge is 2.11. The van der Waals surface area contributed by atoms with Crippen molar-refractivity contribution in [1.82, 2.24) is 19.5 Å². The van der Waals surface area contributed by atoms with Crippen LogP contribution in [0.25, 0.3) is 5.95 Å². The summed E-state index contributed by atoms with van der Waals surface area (Å²) in [6.45, 7) is 0. The van der Waals surface area contributed by atoms with E-state index in [2.05, 4.69) is 15.0 Å². The zero-order valence-corrected chi connectivity index (χ0v) is 7.15. The maximum absolute atomic E-state index is 8.80. The molecular formula is C7H7BN4O2. The minimum Gasteiger partial charge on any atom is -0.423 e. The molecule has 0 radical (unpaired) electrons. The zero-order chi connectivity index (χ0) is 9.97. The first-order valence-electron chi connectivity index (χ1n) is 3.94. The van der Waals surface area contributed by atoms with Crippen molar-refractivity contribution in [2.75, 3.05) is 0 Å². The van der Waals surface area contributed by atoms with Crippen LogP contribution in [0.3, 0.4) is 0 Å². The molecule has 0 aliphatic carbocycles. The first kappa shape index (κ1) is 8.85. The van der Waals surface area contributed by atoms with Crippen LogP contribution in [0.1, 0.15) is 0 Å². The van der Waals surface area contributed by atoms with Gasteiger partial charge in [-0.3, -0.25) is 4.57 Å². The summed E-state index contributed by atoms with van der Waals surface area (Å²) in [7, 11) is -1.54. The van der Waals surface area contributed by atoms with Crippen LogP contribution in [-0.4, -0.2) is 36.7 Å². The second-order valence-electron chi connectivity index (χ2n) is 2.66. The van der Waals surface area contributed by atoms with Gasteiger partial charge in [0, 0.05) is 30.3 Å². The fourth-order valence-corrected chi connectivity index (χ4v) is 0.975. The summed E-state index contributed by atoms with van der Waals surface area (Å²) in [5, 5.41) is 17.6. The lowest BCUT2D eigenvalue weighted by molar-refractivity contribution is 0.425. The maximum atomic E-state index is 8.80. The van der Waals surface area contributed by atoms with Gasteiger partial charge in [-0.1, -0.05) is 0 Å². The predicted molar refractivity (Wildman–Crippen MR) is 49.0 cm³/mol. The molecule has 0 aliphatic rings. The number of hydrogen-bond acceptors (Lipinski definition) is 5. The van der Waals surface area contributed by atoms with Crippen molar-refractivity contribution in [1.29, 1.82) is 0 Å². The lowest BCUT2D eigenvalue weighted by atomic mass is 9.83. The second kappa shape index (κ2) is 3.56. The van der Waals surface area contributed by atoms with Crippen LogP contribution in [0.4, 0.5) is 0 Å². The quantitative estimate of drug-likeness (QED) is 0.553. The van der Waals surface area contributed by atoms with Gasteiger partial charge in [0.05, 0.1) is 0 Å². The molecule has 2 aromatic rings. The van der Waals surface area contributed by atoms with E-state index in [0.717, 1.165) is 0 Å². The van der Waals surface area contributed by atoms with Gasteiger partial charge in [0.15, 0.2) is 0 Å². The molecule has 0 saturated heterocycles. The Balaban J connectivity index is 2.31.